The molecular formula is C18H16ClN3O2. The smallest absolute Gasteiger partial charge is 0.287 e. The zero-order valence-electron chi connectivity index (χ0n) is 13.1. The zero-order valence-corrected chi connectivity index (χ0v) is 13.9. The molecule has 0 fully saturated rings. The molecule has 2 heterocycles. The van der Waals surface area contributed by atoms with Crippen LogP contribution in [0.5, 0.6) is 0 Å². The second-order valence-electron chi connectivity index (χ2n) is 5.94. The van der Waals surface area contributed by atoms with Crippen LogP contribution in [0.4, 0.5) is 0 Å². The summed E-state index contributed by atoms with van der Waals surface area (Å²) in [7, 11) is 0. The molecule has 1 aliphatic carbocycles. The van der Waals surface area contributed by atoms with Gasteiger partial charge in [0, 0.05) is 29.1 Å². The number of hydrogen-bond acceptors (Lipinski definition) is 3. The predicted molar refractivity (Wildman–Crippen MR) is 91.1 cm³/mol. The van der Waals surface area contributed by atoms with Crippen molar-refractivity contribution in [3.63, 3.8) is 0 Å². The van der Waals surface area contributed by atoms with Crippen molar-refractivity contribution in [1.82, 2.24) is 15.5 Å². The van der Waals surface area contributed by atoms with Crippen LogP contribution in [0.15, 0.2) is 34.9 Å². The summed E-state index contributed by atoms with van der Waals surface area (Å²) in [5, 5.41) is 10.7. The van der Waals surface area contributed by atoms with Crippen molar-refractivity contribution < 1.29 is 9.21 Å². The first-order valence-electron chi connectivity index (χ1n) is 7.81. The lowest BCUT2D eigenvalue weighted by Crippen LogP contribution is -2.23. The topological polar surface area (TPSA) is 70.9 Å². The number of carbonyl (C=O) groups excluding carboxylic acids is 1. The standard InChI is InChI=1S/C18H16ClN3O2/c1-10-15-14(6-5-12-9-21-22-16(12)15)24-17(10)18(23)20-8-11-3-2-4-13(19)7-11/h2-4,7,9H,5-6,8H2,1H3,(H,20,23)(H,21,22). The number of furan rings is 1. The second-order valence-corrected chi connectivity index (χ2v) is 6.37. The number of hydrogen-bond donors (Lipinski definition) is 2. The Morgan fingerprint density at radius 2 is 2.29 bits per heavy atom. The van der Waals surface area contributed by atoms with E-state index in [-0.39, 0.29) is 5.91 Å². The summed E-state index contributed by atoms with van der Waals surface area (Å²) in [5.41, 5.74) is 4.89. The van der Waals surface area contributed by atoms with Crippen LogP contribution in [0.3, 0.4) is 0 Å². The summed E-state index contributed by atoms with van der Waals surface area (Å²) in [6, 6.07) is 7.42. The molecular weight excluding hydrogens is 326 g/mol. The lowest BCUT2D eigenvalue weighted by Gasteiger charge is -2.09. The number of rotatable bonds is 3. The number of nitrogens with zero attached hydrogens (tertiary/aromatic N) is 1. The Morgan fingerprint density at radius 1 is 1.42 bits per heavy atom. The Bertz CT molecular complexity index is 926. The van der Waals surface area contributed by atoms with Crippen LogP contribution in [-0.4, -0.2) is 16.1 Å². The molecule has 3 aromatic rings. The van der Waals surface area contributed by atoms with E-state index in [1.807, 2.05) is 31.3 Å². The SMILES string of the molecule is Cc1c(C(=O)NCc2cccc(Cl)c2)oc2c1-c1[nH]ncc1CC2. The number of halogens is 1. The zero-order chi connectivity index (χ0) is 16.7. The second kappa shape index (κ2) is 5.83. The number of amides is 1. The van der Waals surface area contributed by atoms with Gasteiger partial charge in [0.15, 0.2) is 5.76 Å². The molecule has 5 nitrogen and oxygen atoms in total. The van der Waals surface area contributed by atoms with Crippen molar-refractivity contribution in [1.29, 1.82) is 0 Å². The molecule has 0 radical (unpaired) electrons. The predicted octanol–water partition coefficient (Wildman–Crippen LogP) is 3.66. The minimum absolute atomic E-state index is 0.219. The highest BCUT2D eigenvalue weighted by Crippen LogP contribution is 2.37. The molecule has 1 amide bonds. The van der Waals surface area contributed by atoms with Crippen LogP contribution in [0.2, 0.25) is 5.02 Å². The largest absolute Gasteiger partial charge is 0.455 e. The first-order chi connectivity index (χ1) is 11.6. The molecule has 0 atom stereocenters. The lowest BCUT2D eigenvalue weighted by molar-refractivity contribution is 0.0920. The number of carbonyl (C=O) groups is 1. The fraction of sp³-hybridized carbons (Fsp3) is 0.222. The third-order valence-corrected chi connectivity index (χ3v) is 4.59. The van der Waals surface area contributed by atoms with Gasteiger partial charge in [-0.25, -0.2) is 0 Å². The fourth-order valence-electron chi connectivity index (χ4n) is 3.17. The number of H-pyrrole nitrogens is 1. The number of aryl methyl sites for hydroxylation is 2. The average Bonchev–Trinajstić information content (AvgIpc) is 3.17. The summed E-state index contributed by atoms with van der Waals surface area (Å²) in [6.07, 6.45) is 3.49. The third kappa shape index (κ3) is 2.51. The van der Waals surface area contributed by atoms with Gasteiger partial charge in [0.2, 0.25) is 0 Å². The molecule has 1 aliphatic rings. The van der Waals surface area contributed by atoms with Crippen molar-refractivity contribution >= 4 is 17.5 Å². The maximum atomic E-state index is 12.5. The van der Waals surface area contributed by atoms with E-state index in [0.717, 1.165) is 46.5 Å². The summed E-state index contributed by atoms with van der Waals surface area (Å²) < 4.78 is 5.85. The summed E-state index contributed by atoms with van der Waals surface area (Å²) in [6.45, 7) is 2.31. The van der Waals surface area contributed by atoms with Crippen LogP contribution in [0, 0.1) is 6.92 Å². The molecule has 1 aromatic carbocycles. The molecule has 4 rings (SSSR count). The molecule has 0 saturated carbocycles. The Kier molecular flexibility index (Phi) is 3.65. The number of benzene rings is 1. The summed E-state index contributed by atoms with van der Waals surface area (Å²) in [4.78, 5) is 12.5. The fourth-order valence-corrected chi connectivity index (χ4v) is 3.38. The Hall–Kier alpha value is -2.53. The van der Waals surface area contributed by atoms with Crippen molar-refractivity contribution in [2.45, 2.75) is 26.3 Å². The Morgan fingerprint density at radius 3 is 3.12 bits per heavy atom. The van der Waals surface area contributed by atoms with Crippen LogP contribution < -0.4 is 5.32 Å². The number of aromatic amines is 1. The van der Waals surface area contributed by atoms with Gasteiger partial charge in [-0.3, -0.25) is 9.89 Å². The van der Waals surface area contributed by atoms with Crippen LogP contribution in [0.25, 0.3) is 11.3 Å². The van der Waals surface area contributed by atoms with E-state index in [4.69, 9.17) is 16.0 Å². The minimum Gasteiger partial charge on any atom is -0.455 e. The maximum absolute atomic E-state index is 12.5. The van der Waals surface area contributed by atoms with Gasteiger partial charge in [0.05, 0.1) is 11.9 Å². The van der Waals surface area contributed by atoms with Gasteiger partial charge in [0.25, 0.3) is 5.91 Å². The van der Waals surface area contributed by atoms with E-state index in [2.05, 4.69) is 15.5 Å². The number of fused-ring (bicyclic) bond motifs is 3. The normalized spacial score (nSPS) is 12.6. The van der Waals surface area contributed by atoms with Gasteiger partial charge in [-0.2, -0.15) is 5.10 Å². The van der Waals surface area contributed by atoms with Gasteiger partial charge in [-0.15, -0.1) is 0 Å². The van der Waals surface area contributed by atoms with Crippen LogP contribution in [0.1, 0.15) is 33.0 Å². The molecule has 0 unspecified atom stereocenters. The van der Waals surface area contributed by atoms with E-state index in [1.165, 1.54) is 0 Å². The first kappa shape index (κ1) is 15.0. The van der Waals surface area contributed by atoms with Crippen molar-refractivity contribution in [3.05, 3.63) is 63.7 Å². The van der Waals surface area contributed by atoms with Gasteiger partial charge in [-0.05, 0) is 36.6 Å². The first-order valence-corrected chi connectivity index (χ1v) is 8.19. The third-order valence-electron chi connectivity index (χ3n) is 4.36. The minimum atomic E-state index is -0.219. The summed E-state index contributed by atoms with van der Waals surface area (Å²) in [5.74, 6) is 0.990. The van der Waals surface area contributed by atoms with E-state index >= 15 is 0 Å². The van der Waals surface area contributed by atoms with Gasteiger partial charge < -0.3 is 9.73 Å². The molecule has 0 spiro atoms. The Balaban J connectivity index is 1.58. The van der Waals surface area contributed by atoms with Gasteiger partial charge >= 0.3 is 0 Å². The van der Waals surface area contributed by atoms with Crippen molar-refractivity contribution in [3.8, 4) is 11.3 Å². The quantitative estimate of drug-likeness (QED) is 0.763. The molecule has 122 valence electrons. The van der Waals surface area contributed by atoms with E-state index in [1.54, 1.807) is 6.07 Å². The summed E-state index contributed by atoms with van der Waals surface area (Å²) >= 11 is 5.97. The van der Waals surface area contributed by atoms with Crippen LogP contribution in [-0.2, 0) is 19.4 Å². The number of aromatic nitrogens is 2. The molecule has 2 N–H and O–H groups in total. The molecule has 0 bridgehead atoms. The highest BCUT2D eigenvalue weighted by atomic mass is 35.5. The van der Waals surface area contributed by atoms with E-state index < -0.39 is 0 Å². The average molecular weight is 342 g/mol. The molecule has 24 heavy (non-hydrogen) atoms. The molecule has 0 aliphatic heterocycles. The highest BCUT2D eigenvalue weighted by molar-refractivity contribution is 6.30. The van der Waals surface area contributed by atoms with Gasteiger partial charge in [0.1, 0.15) is 5.76 Å². The van der Waals surface area contributed by atoms with Crippen molar-refractivity contribution in [2.75, 3.05) is 0 Å². The van der Waals surface area contributed by atoms with Crippen molar-refractivity contribution in [2.24, 2.45) is 0 Å². The Labute approximate surface area is 144 Å². The maximum Gasteiger partial charge on any atom is 0.287 e. The van der Waals surface area contributed by atoms with Crippen LogP contribution >= 0.6 is 11.6 Å². The van der Waals surface area contributed by atoms with E-state index in [0.29, 0.717) is 17.3 Å². The van der Waals surface area contributed by atoms with E-state index in [9.17, 15) is 4.79 Å². The van der Waals surface area contributed by atoms with Gasteiger partial charge in [-0.1, -0.05) is 23.7 Å². The lowest BCUT2D eigenvalue weighted by atomic mass is 9.93. The highest BCUT2D eigenvalue weighted by Gasteiger charge is 2.28. The molecule has 2 aromatic heterocycles. The monoisotopic (exact) mass is 341 g/mol. The molecule has 0 saturated heterocycles. The molecule has 6 heteroatoms. The number of nitrogens with one attached hydrogen (secondary N) is 2.